The number of rotatable bonds is 6. The Labute approximate surface area is 217 Å². The van der Waals surface area contributed by atoms with Crippen LogP contribution in [0.5, 0.6) is 23.0 Å². The summed E-state index contributed by atoms with van der Waals surface area (Å²) in [7, 11) is 0. The van der Waals surface area contributed by atoms with Crippen molar-refractivity contribution in [2.75, 3.05) is 26.7 Å². The number of hydrogen-bond acceptors (Lipinski definition) is 5. The summed E-state index contributed by atoms with van der Waals surface area (Å²) in [6.45, 7) is 2.29. The molecule has 3 aromatic rings. The van der Waals surface area contributed by atoms with E-state index in [-0.39, 0.29) is 18.6 Å². The molecule has 6 nitrogen and oxygen atoms in total. The van der Waals surface area contributed by atoms with E-state index in [1.165, 1.54) is 11.1 Å². The second-order valence-corrected chi connectivity index (χ2v) is 10.6. The van der Waals surface area contributed by atoms with Crippen molar-refractivity contribution in [1.82, 2.24) is 4.90 Å². The van der Waals surface area contributed by atoms with E-state index in [1.807, 2.05) is 12.1 Å². The number of carbonyl (C=O) groups excluding carboxylic acids is 1. The first kappa shape index (κ1) is 22.5. The highest BCUT2D eigenvalue weighted by Crippen LogP contribution is 2.54. The van der Waals surface area contributed by atoms with E-state index in [9.17, 15) is 4.79 Å². The zero-order valence-electron chi connectivity index (χ0n) is 20.9. The highest BCUT2D eigenvalue weighted by Gasteiger charge is 2.47. The predicted molar refractivity (Wildman–Crippen MR) is 139 cm³/mol. The summed E-state index contributed by atoms with van der Waals surface area (Å²) < 4.78 is 22.3. The van der Waals surface area contributed by atoms with Crippen LogP contribution in [0.4, 0.5) is 0 Å². The number of benzene rings is 3. The quantitative estimate of drug-likeness (QED) is 0.432. The number of piperidine rings is 1. The molecule has 1 amide bonds. The zero-order valence-corrected chi connectivity index (χ0v) is 20.9. The van der Waals surface area contributed by atoms with Crippen LogP contribution in [0.25, 0.3) is 11.1 Å². The maximum Gasteiger partial charge on any atom is 0.231 e. The average Bonchev–Trinajstić information content (AvgIpc) is 3.36. The minimum atomic E-state index is 0.0630. The highest BCUT2D eigenvalue weighted by atomic mass is 16.7. The third-order valence-electron chi connectivity index (χ3n) is 8.34. The SMILES string of the molecule is O=C(C1CC1c1cc2c(cc1-c1ccccc1)OCO2)N1CCC(CCc2ccc3c(c2)OCO3)CC1. The summed E-state index contributed by atoms with van der Waals surface area (Å²) in [5.74, 6) is 4.54. The van der Waals surface area contributed by atoms with Crippen molar-refractivity contribution in [3.63, 3.8) is 0 Å². The van der Waals surface area contributed by atoms with Crippen LogP contribution in [-0.2, 0) is 11.2 Å². The van der Waals surface area contributed by atoms with Crippen LogP contribution >= 0.6 is 0 Å². The molecule has 4 aliphatic rings. The number of nitrogens with zero attached hydrogens (tertiary/aromatic N) is 1. The molecule has 0 bridgehead atoms. The lowest BCUT2D eigenvalue weighted by Crippen LogP contribution is -2.39. The fourth-order valence-electron chi connectivity index (χ4n) is 6.09. The summed E-state index contributed by atoms with van der Waals surface area (Å²) in [4.78, 5) is 15.6. The second-order valence-electron chi connectivity index (χ2n) is 10.6. The summed E-state index contributed by atoms with van der Waals surface area (Å²) in [5, 5.41) is 0. The van der Waals surface area contributed by atoms with Gasteiger partial charge in [0.05, 0.1) is 0 Å². The van der Waals surface area contributed by atoms with Crippen LogP contribution in [0.2, 0.25) is 0 Å². The summed E-state index contributed by atoms with van der Waals surface area (Å²) in [6, 6.07) is 20.8. The number of amides is 1. The van der Waals surface area contributed by atoms with Crippen molar-refractivity contribution in [1.29, 1.82) is 0 Å². The van der Waals surface area contributed by atoms with Crippen molar-refractivity contribution >= 4 is 5.91 Å². The number of aryl methyl sites for hydroxylation is 1. The van der Waals surface area contributed by atoms with E-state index >= 15 is 0 Å². The lowest BCUT2D eigenvalue weighted by Gasteiger charge is -2.32. The minimum Gasteiger partial charge on any atom is -0.454 e. The molecular weight excluding hydrogens is 466 g/mol. The Kier molecular flexibility index (Phi) is 5.68. The molecule has 1 saturated carbocycles. The van der Waals surface area contributed by atoms with Gasteiger partial charge in [0.15, 0.2) is 23.0 Å². The summed E-state index contributed by atoms with van der Waals surface area (Å²) in [6.07, 6.45) is 5.24. The normalized spacial score (nSPS) is 21.8. The van der Waals surface area contributed by atoms with E-state index in [0.29, 0.717) is 18.6 Å². The number of ether oxygens (including phenoxy) is 4. The molecule has 2 fully saturated rings. The molecule has 6 heteroatoms. The molecule has 0 aromatic heterocycles. The van der Waals surface area contributed by atoms with E-state index in [2.05, 4.69) is 53.4 Å². The number of fused-ring (bicyclic) bond motifs is 2. The van der Waals surface area contributed by atoms with Gasteiger partial charge in [0, 0.05) is 19.0 Å². The lowest BCUT2D eigenvalue weighted by atomic mass is 9.90. The van der Waals surface area contributed by atoms with Gasteiger partial charge < -0.3 is 23.8 Å². The molecule has 0 radical (unpaired) electrons. The molecule has 2 atom stereocenters. The van der Waals surface area contributed by atoms with Crippen LogP contribution in [0.3, 0.4) is 0 Å². The first-order valence-corrected chi connectivity index (χ1v) is 13.4. The Morgan fingerprint density at radius 1 is 0.811 bits per heavy atom. The first-order chi connectivity index (χ1) is 18.2. The molecule has 1 aliphatic carbocycles. The molecule has 3 aliphatic heterocycles. The van der Waals surface area contributed by atoms with Gasteiger partial charge in [-0.2, -0.15) is 0 Å². The van der Waals surface area contributed by atoms with Crippen LogP contribution in [0.15, 0.2) is 60.7 Å². The molecule has 37 heavy (non-hydrogen) atoms. The standard InChI is InChI=1S/C31H31NO5/c33-31(32-12-10-20(11-13-32)6-7-21-8-9-27-28(14-21)35-18-34-27)26-15-24(26)25-17-30-29(36-19-37-30)16-23(25)22-4-2-1-3-5-22/h1-5,8-9,14,16-17,20,24,26H,6-7,10-13,15,18-19H2. The van der Waals surface area contributed by atoms with Crippen molar-refractivity contribution < 1.29 is 23.7 Å². The van der Waals surface area contributed by atoms with Gasteiger partial charge in [-0.15, -0.1) is 0 Å². The van der Waals surface area contributed by atoms with Crippen molar-refractivity contribution in [2.45, 2.75) is 38.0 Å². The number of likely N-dealkylation sites (tertiary alicyclic amines) is 1. The van der Waals surface area contributed by atoms with E-state index in [4.69, 9.17) is 18.9 Å². The Bertz CT molecular complexity index is 1310. The fraction of sp³-hybridized carbons (Fsp3) is 0.387. The van der Waals surface area contributed by atoms with E-state index in [0.717, 1.165) is 79.3 Å². The largest absolute Gasteiger partial charge is 0.454 e. The molecule has 7 rings (SSSR count). The third kappa shape index (κ3) is 4.39. The van der Waals surface area contributed by atoms with Crippen molar-refractivity contribution in [3.8, 4) is 34.1 Å². The monoisotopic (exact) mass is 497 g/mol. The molecule has 2 unspecified atom stereocenters. The molecule has 3 aromatic carbocycles. The van der Waals surface area contributed by atoms with E-state index in [1.54, 1.807) is 0 Å². The molecular formula is C31H31NO5. The number of hydrogen-bond donors (Lipinski definition) is 0. The van der Waals surface area contributed by atoms with Crippen molar-refractivity contribution in [3.05, 3.63) is 71.8 Å². The third-order valence-corrected chi connectivity index (χ3v) is 8.34. The lowest BCUT2D eigenvalue weighted by molar-refractivity contribution is -0.134. The number of carbonyl (C=O) groups is 1. The zero-order chi connectivity index (χ0) is 24.8. The summed E-state index contributed by atoms with van der Waals surface area (Å²) >= 11 is 0. The average molecular weight is 498 g/mol. The Balaban J connectivity index is 0.976. The molecule has 1 saturated heterocycles. The van der Waals surface area contributed by atoms with Gasteiger partial charge in [-0.3, -0.25) is 4.79 Å². The molecule has 190 valence electrons. The Hall–Kier alpha value is -3.67. The van der Waals surface area contributed by atoms with Gasteiger partial charge in [0.25, 0.3) is 0 Å². The Morgan fingerprint density at radius 3 is 2.30 bits per heavy atom. The van der Waals surface area contributed by atoms with Gasteiger partial charge in [-0.1, -0.05) is 36.4 Å². The van der Waals surface area contributed by atoms with E-state index < -0.39 is 0 Å². The molecule has 0 N–H and O–H groups in total. The van der Waals surface area contributed by atoms with Crippen molar-refractivity contribution in [2.24, 2.45) is 11.8 Å². The van der Waals surface area contributed by atoms with Gasteiger partial charge in [-0.05, 0) is 90.5 Å². The maximum absolute atomic E-state index is 13.5. The van der Waals surface area contributed by atoms with Gasteiger partial charge >= 0.3 is 0 Å². The molecule has 3 heterocycles. The summed E-state index contributed by atoms with van der Waals surface area (Å²) in [5.41, 5.74) is 4.79. The van der Waals surface area contributed by atoms with Gasteiger partial charge in [0.2, 0.25) is 19.5 Å². The Morgan fingerprint density at radius 2 is 1.51 bits per heavy atom. The maximum atomic E-state index is 13.5. The second kappa shape index (κ2) is 9.33. The van der Waals surface area contributed by atoms with Crippen LogP contribution in [0, 0.1) is 11.8 Å². The van der Waals surface area contributed by atoms with Crippen LogP contribution in [0.1, 0.15) is 42.7 Å². The van der Waals surface area contributed by atoms with Crippen LogP contribution < -0.4 is 18.9 Å². The van der Waals surface area contributed by atoms with Gasteiger partial charge in [-0.25, -0.2) is 0 Å². The van der Waals surface area contributed by atoms with Gasteiger partial charge in [0.1, 0.15) is 0 Å². The predicted octanol–water partition coefficient (Wildman–Crippen LogP) is 5.79. The smallest absolute Gasteiger partial charge is 0.231 e. The molecule has 0 spiro atoms. The highest BCUT2D eigenvalue weighted by molar-refractivity contribution is 5.85. The fourth-order valence-corrected chi connectivity index (χ4v) is 6.09. The van der Waals surface area contributed by atoms with Crippen LogP contribution in [-0.4, -0.2) is 37.5 Å². The topological polar surface area (TPSA) is 57.2 Å². The first-order valence-electron chi connectivity index (χ1n) is 13.4. The minimum absolute atomic E-state index is 0.0630.